The van der Waals surface area contributed by atoms with E-state index in [1.165, 1.54) is 11.3 Å². The Morgan fingerprint density at radius 2 is 2.21 bits per heavy atom. The Labute approximate surface area is 124 Å². The molecule has 0 atom stereocenters. The summed E-state index contributed by atoms with van der Waals surface area (Å²) in [6, 6.07) is 0. The van der Waals surface area contributed by atoms with Gasteiger partial charge in [-0.15, -0.1) is 22.9 Å². The number of nitrogens with zero attached hydrogens (tertiary/aromatic N) is 2. The zero-order valence-corrected chi connectivity index (χ0v) is 13.2. The average Bonchev–Trinajstić information content (AvgIpc) is 2.86. The number of hydrogen-bond acceptors (Lipinski definition) is 4. The number of carbonyl (C=O) groups is 1. The Kier molecular flexibility index (Phi) is 8.02. The molecule has 0 unspecified atom stereocenters. The van der Waals surface area contributed by atoms with E-state index >= 15 is 0 Å². The predicted octanol–water partition coefficient (Wildman–Crippen LogP) is 2.27. The number of aromatic nitrogens is 1. The fourth-order valence-electron chi connectivity index (χ4n) is 1.76. The van der Waals surface area contributed by atoms with E-state index in [9.17, 15) is 4.79 Å². The number of halogens is 1. The molecular weight excluding hydrogens is 282 g/mol. The molecule has 1 amide bonds. The average molecular weight is 304 g/mol. The van der Waals surface area contributed by atoms with Gasteiger partial charge in [0.2, 0.25) is 5.91 Å². The number of carbonyl (C=O) groups excluding carboxylic acids is 1. The summed E-state index contributed by atoms with van der Waals surface area (Å²) in [5.74, 6) is 0.442. The van der Waals surface area contributed by atoms with E-state index < -0.39 is 0 Å². The molecule has 19 heavy (non-hydrogen) atoms. The number of amides is 1. The summed E-state index contributed by atoms with van der Waals surface area (Å²) < 4.78 is 0. The third kappa shape index (κ3) is 6.36. The molecule has 0 saturated carbocycles. The van der Waals surface area contributed by atoms with Crippen LogP contribution in [0.2, 0.25) is 0 Å². The largest absolute Gasteiger partial charge is 0.356 e. The fraction of sp³-hybridized carbons (Fsp3) is 0.692. The third-order valence-electron chi connectivity index (χ3n) is 2.92. The summed E-state index contributed by atoms with van der Waals surface area (Å²) in [7, 11) is 0. The van der Waals surface area contributed by atoms with Crippen LogP contribution < -0.4 is 5.32 Å². The van der Waals surface area contributed by atoms with Gasteiger partial charge in [-0.3, -0.25) is 4.79 Å². The Morgan fingerprint density at radius 3 is 2.79 bits per heavy atom. The van der Waals surface area contributed by atoms with Crippen molar-refractivity contribution in [2.45, 2.75) is 32.6 Å². The van der Waals surface area contributed by atoms with E-state index in [1.54, 1.807) is 0 Å². The van der Waals surface area contributed by atoms with E-state index in [1.807, 2.05) is 5.38 Å². The van der Waals surface area contributed by atoms with Crippen molar-refractivity contribution in [3.05, 3.63) is 16.1 Å². The summed E-state index contributed by atoms with van der Waals surface area (Å²) in [6.07, 6.45) is 1.34. The zero-order chi connectivity index (χ0) is 14.1. The Morgan fingerprint density at radius 1 is 1.47 bits per heavy atom. The molecule has 0 bridgehead atoms. The highest BCUT2D eigenvalue weighted by molar-refractivity contribution is 7.09. The van der Waals surface area contributed by atoms with Crippen LogP contribution in [-0.2, 0) is 17.1 Å². The second kappa shape index (κ2) is 9.28. The standard InChI is InChI=1S/C13H22ClN3OS/c1-3-17(4-2)7-5-6-15-12(18)8-13-16-11(9-14)10-19-13/h10H,3-9H2,1-2H3,(H,15,18). The number of thiazole rings is 1. The van der Waals surface area contributed by atoms with Crippen LogP contribution in [0.1, 0.15) is 31.0 Å². The number of nitrogens with one attached hydrogen (secondary N) is 1. The normalized spacial score (nSPS) is 10.9. The first-order valence-electron chi connectivity index (χ1n) is 6.67. The van der Waals surface area contributed by atoms with Crippen LogP contribution >= 0.6 is 22.9 Å². The van der Waals surface area contributed by atoms with Crippen molar-refractivity contribution in [2.75, 3.05) is 26.2 Å². The van der Waals surface area contributed by atoms with E-state index in [0.717, 1.165) is 43.3 Å². The first kappa shape index (κ1) is 16.4. The van der Waals surface area contributed by atoms with Gasteiger partial charge in [-0.1, -0.05) is 13.8 Å². The maximum atomic E-state index is 11.7. The lowest BCUT2D eigenvalue weighted by molar-refractivity contribution is -0.120. The summed E-state index contributed by atoms with van der Waals surface area (Å²) >= 11 is 7.16. The highest BCUT2D eigenvalue weighted by Crippen LogP contribution is 2.11. The summed E-state index contributed by atoms with van der Waals surface area (Å²) in [5.41, 5.74) is 0.844. The van der Waals surface area contributed by atoms with Crippen molar-refractivity contribution < 1.29 is 4.79 Å². The van der Waals surface area contributed by atoms with Crippen molar-refractivity contribution >= 4 is 28.8 Å². The monoisotopic (exact) mass is 303 g/mol. The lowest BCUT2D eigenvalue weighted by Crippen LogP contribution is -2.30. The van der Waals surface area contributed by atoms with E-state index in [4.69, 9.17) is 11.6 Å². The van der Waals surface area contributed by atoms with Gasteiger partial charge in [-0.2, -0.15) is 0 Å². The van der Waals surface area contributed by atoms with E-state index in [0.29, 0.717) is 12.3 Å². The molecule has 0 radical (unpaired) electrons. The number of rotatable bonds is 9. The van der Waals surface area contributed by atoms with Crippen LogP contribution in [-0.4, -0.2) is 42.0 Å². The summed E-state index contributed by atoms with van der Waals surface area (Å²) in [5, 5.41) is 5.66. The minimum atomic E-state index is 0.0371. The van der Waals surface area contributed by atoms with Crippen molar-refractivity contribution in [1.82, 2.24) is 15.2 Å². The van der Waals surface area contributed by atoms with E-state index in [-0.39, 0.29) is 5.91 Å². The molecular formula is C13H22ClN3OS. The van der Waals surface area contributed by atoms with Gasteiger partial charge in [0, 0.05) is 11.9 Å². The van der Waals surface area contributed by atoms with Crippen molar-refractivity contribution in [3.63, 3.8) is 0 Å². The maximum absolute atomic E-state index is 11.7. The summed E-state index contributed by atoms with van der Waals surface area (Å²) in [4.78, 5) is 18.3. The SMILES string of the molecule is CCN(CC)CCCNC(=O)Cc1nc(CCl)cs1. The molecule has 1 aromatic rings. The highest BCUT2D eigenvalue weighted by atomic mass is 35.5. The summed E-state index contributed by atoms with van der Waals surface area (Å²) in [6.45, 7) is 8.18. The Bertz CT molecular complexity index is 380. The molecule has 108 valence electrons. The van der Waals surface area contributed by atoms with Crippen LogP contribution in [0.4, 0.5) is 0 Å². The fourth-order valence-corrected chi connectivity index (χ4v) is 2.78. The third-order valence-corrected chi connectivity index (χ3v) is 4.09. The second-order valence-electron chi connectivity index (χ2n) is 4.27. The Hall–Kier alpha value is -0.650. The van der Waals surface area contributed by atoms with E-state index in [2.05, 4.69) is 29.0 Å². The minimum absolute atomic E-state index is 0.0371. The van der Waals surface area contributed by atoms with Gasteiger partial charge < -0.3 is 10.2 Å². The molecule has 0 aliphatic heterocycles. The van der Waals surface area contributed by atoms with Gasteiger partial charge in [-0.25, -0.2) is 4.98 Å². The highest BCUT2D eigenvalue weighted by Gasteiger charge is 2.07. The Balaban J connectivity index is 2.17. The van der Waals surface area contributed by atoms with Crippen molar-refractivity contribution in [3.8, 4) is 0 Å². The molecule has 1 N–H and O–H groups in total. The quantitative estimate of drug-likeness (QED) is 0.562. The van der Waals surface area contributed by atoms with Gasteiger partial charge in [0.15, 0.2) is 0 Å². The molecule has 6 heteroatoms. The van der Waals surface area contributed by atoms with Gasteiger partial charge in [0.25, 0.3) is 0 Å². The van der Waals surface area contributed by atoms with Crippen LogP contribution in [0, 0.1) is 0 Å². The lowest BCUT2D eigenvalue weighted by atomic mass is 10.3. The van der Waals surface area contributed by atoms with Gasteiger partial charge >= 0.3 is 0 Å². The molecule has 0 aliphatic carbocycles. The predicted molar refractivity (Wildman–Crippen MR) is 80.8 cm³/mol. The number of alkyl halides is 1. The topological polar surface area (TPSA) is 45.2 Å². The maximum Gasteiger partial charge on any atom is 0.226 e. The van der Waals surface area contributed by atoms with Gasteiger partial charge in [0.05, 0.1) is 18.0 Å². The van der Waals surface area contributed by atoms with Crippen LogP contribution in [0.25, 0.3) is 0 Å². The zero-order valence-electron chi connectivity index (χ0n) is 11.6. The van der Waals surface area contributed by atoms with Gasteiger partial charge in [-0.05, 0) is 26.1 Å². The minimum Gasteiger partial charge on any atom is -0.356 e. The lowest BCUT2D eigenvalue weighted by Gasteiger charge is -2.17. The molecule has 1 aromatic heterocycles. The molecule has 0 fully saturated rings. The number of hydrogen-bond donors (Lipinski definition) is 1. The van der Waals surface area contributed by atoms with Crippen LogP contribution in [0.15, 0.2) is 5.38 Å². The molecule has 1 rings (SSSR count). The van der Waals surface area contributed by atoms with Gasteiger partial charge in [0.1, 0.15) is 5.01 Å². The molecule has 1 heterocycles. The van der Waals surface area contributed by atoms with Crippen molar-refractivity contribution in [1.29, 1.82) is 0 Å². The molecule has 4 nitrogen and oxygen atoms in total. The van der Waals surface area contributed by atoms with Crippen molar-refractivity contribution in [2.24, 2.45) is 0 Å². The van der Waals surface area contributed by atoms with Crippen LogP contribution in [0.5, 0.6) is 0 Å². The first-order valence-corrected chi connectivity index (χ1v) is 8.09. The molecule has 0 spiro atoms. The second-order valence-corrected chi connectivity index (χ2v) is 5.48. The molecule has 0 aromatic carbocycles. The smallest absolute Gasteiger partial charge is 0.226 e. The molecule has 0 aliphatic rings. The molecule has 0 saturated heterocycles. The first-order chi connectivity index (χ1) is 9.19. The van der Waals surface area contributed by atoms with Crippen LogP contribution in [0.3, 0.4) is 0 Å².